The number of hydrogen-bond donors (Lipinski definition) is 1. The first-order chi connectivity index (χ1) is 8.69. The average Bonchev–Trinajstić information content (AvgIpc) is 2.38. The van der Waals surface area contributed by atoms with Crippen LogP contribution in [0.25, 0.3) is 0 Å². The van der Waals surface area contributed by atoms with Crippen LogP contribution in [0.1, 0.15) is 16.8 Å². The Morgan fingerprint density at radius 2 is 2.00 bits per heavy atom. The van der Waals surface area contributed by atoms with Gasteiger partial charge in [0.05, 0.1) is 19.3 Å². The fourth-order valence-corrected chi connectivity index (χ4v) is 1.78. The van der Waals surface area contributed by atoms with Crippen molar-refractivity contribution in [2.24, 2.45) is 0 Å². The number of benzene rings is 1. The summed E-state index contributed by atoms with van der Waals surface area (Å²) in [7, 11) is 1.69. The number of nitrogens with zero attached hydrogens (tertiary/aromatic N) is 1. The highest BCUT2D eigenvalue weighted by Gasteiger charge is 2.00. The van der Waals surface area contributed by atoms with E-state index in [1.54, 1.807) is 7.11 Å². The highest BCUT2D eigenvalue weighted by atomic mass is 16.5. The summed E-state index contributed by atoms with van der Waals surface area (Å²) in [6.07, 6.45) is 1.89. The van der Waals surface area contributed by atoms with E-state index in [1.807, 2.05) is 38.2 Å². The van der Waals surface area contributed by atoms with E-state index in [-0.39, 0.29) is 0 Å². The molecule has 0 aliphatic heterocycles. The van der Waals surface area contributed by atoms with Crippen molar-refractivity contribution < 1.29 is 4.74 Å². The molecule has 0 radical (unpaired) electrons. The minimum Gasteiger partial charge on any atom is -0.496 e. The molecule has 94 valence electrons. The SMILES string of the molecule is COc1ccc(NCc2ccc(C)cn2)cc1C. The second-order valence-electron chi connectivity index (χ2n) is 4.36. The first-order valence-corrected chi connectivity index (χ1v) is 5.99. The molecule has 1 aromatic carbocycles. The van der Waals surface area contributed by atoms with Crippen LogP contribution < -0.4 is 10.1 Å². The zero-order chi connectivity index (χ0) is 13.0. The number of rotatable bonds is 4. The zero-order valence-electron chi connectivity index (χ0n) is 11.0. The lowest BCUT2D eigenvalue weighted by Gasteiger charge is -2.09. The largest absolute Gasteiger partial charge is 0.496 e. The molecule has 0 fully saturated rings. The molecule has 0 aliphatic rings. The summed E-state index contributed by atoms with van der Waals surface area (Å²) in [6.45, 7) is 4.80. The number of aryl methyl sites for hydroxylation is 2. The van der Waals surface area contributed by atoms with Gasteiger partial charge in [-0.2, -0.15) is 0 Å². The number of aromatic nitrogens is 1. The molecule has 0 saturated carbocycles. The van der Waals surface area contributed by atoms with Crippen LogP contribution in [0.3, 0.4) is 0 Å². The highest BCUT2D eigenvalue weighted by molar-refractivity contribution is 5.50. The summed E-state index contributed by atoms with van der Waals surface area (Å²) in [5, 5.41) is 3.35. The van der Waals surface area contributed by atoms with E-state index in [1.165, 1.54) is 5.56 Å². The normalized spacial score (nSPS) is 10.2. The Hall–Kier alpha value is -2.03. The number of pyridine rings is 1. The number of nitrogens with one attached hydrogen (secondary N) is 1. The van der Waals surface area contributed by atoms with Crippen LogP contribution in [0.4, 0.5) is 5.69 Å². The maximum atomic E-state index is 5.24. The third-order valence-corrected chi connectivity index (χ3v) is 2.84. The summed E-state index contributed by atoms with van der Waals surface area (Å²) in [5.74, 6) is 0.911. The lowest BCUT2D eigenvalue weighted by molar-refractivity contribution is 0.412. The van der Waals surface area contributed by atoms with Crippen molar-refractivity contribution >= 4 is 5.69 Å². The fourth-order valence-electron chi connectivity index (χ4n) is 1.78. The predicted molar refractivity (Wildman–Crippen MR) is 74.0 cm³/mol. The van der Waals surface area contributed by atoms with E-state index in [9.17, 15) is 0 Å². The van der Waals surface area contributed by atoms with Gasteiger partial charge in [-0.3, -0.25) is 4.98 Å². The van der Waals surface area contributed by atoms with Crippen LogP contribution in [0, 0.1) is 13.8 Å². The topological polar surface area (TPSA) is 34.1 Å². The monoisotopic (exact) mass is 242 g/mol. The summed E-state index contributed by atoms with van der Waals surface area (Å²) in [4.78, 5) is 4.36. The Kier molecular flexibility index (Phi) is 3.82. The van der Waals surface area contributed by atoms with Gasteiger partial charge < -0.3 is 10.1 Å². The minimum absolute atomic E-state index is 0.728. The minimum atomic E-state index is 0.728. The summed E-state index contributed by atoms with van der Waals surface area (Å²) >= 11 is 0. The number of methoxy groups -OCH3 is 1. The van der Waals surface area contributed by atoms with Gasteiger partial charge in [0.25, 0.3) is 0 Å². The molecule has 2 rings (SSSR count). The van der Waals surface area contributed by atoms with Crippen LogP contribution in [0.15, 0.2) is 36.5 Å². The van der Waals surface area contributed by atoms with Crippen LogP contribution in [-0.4, -0.2) is 12.1 Å². The van der Waals surface area contributed by atoms with E-state index in [2.05, 4.69) is 22.4 Å². The van der Waals surface area contributed by atoms with Crippen molar-refractivity contribution in [1.82, 2.24) is 4.98 Å². The average molecular weight is 242 g/mol. The van der Waals surface area contributed by atoms with Crippen molar-refractivity contribution in [1.29, 1.82) is 0 Å². The Morgan fingerprint density at radius 1 is 1.17 bits per heavy atom. The molecule has 1 aromatic heterocycles. The van der Waals surface area contributed by atoms with E-state index in [0.29, 0.717) is 0 Å². The number of ether oxygens (including phenoxy) is 1. The Bertz CT molecular complexity index is 521. The van der Waals surface area contributed by atoms with Crippen molar-refractivity contribution in [3.05, 3.63) is 53.3 Å². The molecule has 3 heteroatoms. The molecule has 1 heterocycles. The molecule has 1 N–H and O–H groups in total. The molecule has 0 atom stereocenters. The maximum absolute atomic E-state index is 5.24. The fraction of sp³-hybridized carbons (Fsp3) is 0.267. The van der Waals surface area contributed by atoms with Crippen molar-refractivity contribution in [2.45, 2.75) is 20.4 Å². The standard InChI is InChI=1S/C15H18N2O/c1-11-4-5-14(16-9-11)10-17-13-6-7-15(18-3)12(2)8-13/h4-9,17H,10H2,1-3H3. The van der Waals surface area contributed by atoms with Crippen LogP contribution >= 0.6 is 0 Å². The second-order valence-corrected chi connectivity index (χ2v) is 4.36. The lowest BCUT2D eigenvalue weighted by Crippen LogP contribution is -2.02. The van der Waals surface area contributed by atoms with Gasteiger partial charge in [-0.05, 0) is 49.2 Å². The van der Waals surface area contributed by atoms with Gasteiger partial charge in [0.2, 0.25) is 0 Å². The van der Waals surface area contributed by atoms with Crippen LogP contribution in [0.5, 0.6) is 5.75 Å². The van der Waals surface area contributed by atoms with Crippen LogP contribution in [0.2, 0.25) is 0 Å². The molecule has 0 saturated heterocycles. The Labute approximate surface area is 108 Å². The van der Waals surface area contributed by atoms with Gasteiger partial charge in [-0.15, -0.1) is 0 Å². The van der Waals surface area contributed by atoms with Crippen molar-refractivity contribution in [2.75, 3.05) is 12.4 Å². The summed E-state index contributed by atoms with van der Waals surface area (Å²) < 4.78 is 5.24. The van der Waals surface area contributed by atoms with E-state index in [0.717, 1.165) is 29.2 Å². The lowest BCUT2D eigenvalue weighted by atomic mass is 10.2. The summed E-state index contributed by atoms with van der Waals surface area (Å²) in [5.41, 5.74) is 4.42. The number of hydrogen-bond acceptors (Lipinski definition) is 3. The Balaban J connectivity index is 2.02. The first kappa shape index (κ1) is 12.4. The van der Waals surface area contributed by atoms with Crippen molar-refractivity contribution in [3.8, 4) is 5.75 Å². The van der Waals surface area contributed by atoms with Gasteiger partial charge in [0.1, 0.15) is 5.75 Å². The smallest absolute Gasteiger partial charge is 0.121 e. The first-order valence-electron chi connectivity index (χ1n) is 5.99. The predicted octanol–water partition coefficient (Wildman–Crippen LogP) is 3.32. The molecule has 2 aromatic rings. The molecule has 0 aliphatic carbocycles. The van der Waals surface area contributed by atoms with Gasteiger partial charge >= 0.3 is 0 Å². The number of anilines is 1. The molecule has 0 bridgehead atoms. The van der Waals surface area contributed by atoms with E-state index < -0.39 is 0 Å². The molecule has 0 amide bonds. The highest BCUT2D eigenvalue weighted by Crippen LogP contribution is 2.21. The molecular weight excluding hydrogens is 224 g/mol. The molecule has 0 spiro atoms. The van der Waals surface area contributed by atoms with Gasteiger partial charge in [0, 0.05) is 11.9 Å². The second kappa shape index (κ2) is 5.54. The van der Waals surface area contributed by atoms with Gasteiger partial charge in [0.15, 0.2) is 0 Å². The third-order valence-electron chi connectivity index (χ3n) is 2.84. The quantitative estimate of drug-likeness (QED) is 0.893. The van der Waals surface area contributed by atoms with Gasteiger partial charge in [-0.1, -0.05) is 6.07 Å². The van der Waals surface area contributed by atoms with Crippen molar-refractivity contribution in [3.63, 3.8) is 0 Å². The van der Waals surface area contributed by atoms with E-state index in [4.69, 9.17) is 4.74 Å². The van der Waals surface area contributed by atoms with Crippen LogP contribution in [-0.2, 0) is 6.54 Å². The molecule has 18 heavy (non-hydrogen) atoms. The molecule has 3 nitrogen and oxygen atoms in total. The summed E-state index contributed by atoms with van der Waals surface area (Å²) in [6, 6.07) is 10.2. The zero-order valence-corrected chi connectivity index (χ0v) is 11.0. The Morgan fingerprint density at radius 3 is 2.61 bits per heavy atom. The third kappa shape index (κ3) is 3.00. The van der Waals surface area contributed by atoms with Gasteiger partial charge in [-0.25, -0.2) is 0 Å². The molecular formula is C15H18N2O. The maximum Gasteiger partial charge on any atom is 0.121 e. The molecule has 0 unspecified atom stereocenters. The van der Waals surface area contributed by atoms with E-state index >= 15 is 0 Å².